The molecule has 0 aliphatic carbocycles. The van der Waals surface area contributed by atoms with Crippen LogP contribution >= 0.6 is 15.9 Å². The Balaban J connectivity index is 2.07. The van der Waals surface area contributed by atoms with E-state index in [2.05, 4.69) is 21.2 Å². The van der Waals surface area contributed by atoms with Gasteiger partial charge in [-0.3, -0.25) is 0 Å². The summed E-state index contributed by atoms with van der Waals surface area (Å²) >= 11 is 3.34. The van der Waals surface area contributed by atoms with Crippen molar-refractivity contribution in [1.29, 1.82) is 0 Å². The van der Waals surface area contributed by atoms with Gasteiger partial charge in [0.25, 0.3) is 0 Å². The van der Waals surface area contributed by atoms with Crippen LogP contribution in [0.5, 0.6) is 0 Å². The van der Waals surface area contributed by atoms with Crippen LogP contribution in [0.4, 0.5) is 0 Å². The molecule has 1 saturated heterocycles. The maximum atomic E-state index is 11.5. The fraction of sp³-hybridized carbons (Fsp3) is 0.462. The molecule has 1 atom stereocenters. The second-order valence-electron chi connectivity index (χ2n) is 5.37. The zero-order valence-corrected chi connectivity index (χ0v) is 13.4. The van der Waals surface area contributed by atoms with Crippen LogP contribution in [0, 0.1) is 0 Å². The molecule has 0 aromatic heterocycles. The zero-order chi connectivity index (χ0) is 15.0. The lowest BCUT2D eigenvalue weighted by atomic mass is 10.0. The molecule has 20 heavy (non-hydrogen) atoms. The monoisotopic (exact) mass is 361 g/mol. The van der Waals surface area contributed by atoms with E-state index in [-0.39, 0.29) is 17.1 Å². The number of hydrogen-bond acceptors (Lipinski definition) is 4. The third-order valence-corrected chi connectivity index (χ3v) is 6.15. The smallest absolute Gasteiger partial charge is 0.335 e. The van der Waals surface area contributed by atoms with Gasteiger partial charge >= 0.3 is 5.97 Å². The Morgan fingerprint density at radius 2 is 2.20 bits per heavy atom. The van der Waals surface area contributed by atoms with Crippen LogP contribution in [-0.2, 0) is 16.4 Å². The normalized spacial score (nSPS) is 24.7. The second-order valence-corrected chi connectivity index (χ2v) is 8.41. The molecule has 1 aromatic carbocycles. The number of carboxylic acid groups (broad SMARTS) is 1. The summed E-state index contributed by atoms with van der Waals surface area (Å²) in [6.07, 6.45) is 0.597. The molecule has 2 N–H and O–H groups in total. The van der Waals surface area contributed by atoms with Crippen molar-refractivity contribution in [2.45, 2.75) is 25.4 Å². The summed E-state index contributed by atoms with van der Waals surface area (Å²) in [6.45, 7) is 2.39. The number of aromatic carboxylic acids is 1. The van der Waals surface area contributed by atoms with Crippen LogP contribution in [0.3, 0.4) is 0 Å². The van der Waals surface area contributed by atoms with Crippen molar-refractivity contribution in [3.63, 3.8) is 0 Å². The lowest BCUT2D eigenvalue weighted by molar-refractivity contribution is 0.0696. The highest BCUT2D eigenvalue weighted by atomic mass is 79.9. The molecule has 1 aliphatic rings. The van der Waals surface area contributed by atoms with Gasteiger partial charge in [-0.2, -0.15) is 0 Å². The number of carboxylic acids is 1. The van der Waals surface area contributed by atoms with E-state index >= 15 is 0 Å². The van der Waals surface area contributed by atoms with Gasteiger partial charge in [0, 0.05) is 16.6 Å². The van der Waals surface area contributed by atoms with Crippen LogP contribution < -0.4 is 5.32 Å². The Morgan fingerprint density at radius 1 is 1.50 bits per heavy atom. The molecule has 1 aliphatic heterocycles. The van der Waals surface area contributed by atoms with Gasteiger partial charge in [0.2, 0.25) is 0 Å². The summed E-state index contributed by atoms with van der Waals surface area (Å²) in [6, 6.07) is 4.82. The molecule has 1 unspecified atom stereocenters. The lowest BCUT2D eigenvalue weighted by Gasteiger charge is -2.24. The standard InChI is InChI=1S/C13H16BrNO4S/c1-13(4-5-20(18,19)8-13)15-7-10-3-2-9(12(16)17)6-11(10)14/h2-3,6,15H,4-5,7-8H2,1H3,(H,16,17). The van der Waals surface area contributed by atoms with Gasteiger partial charge in [-0.05, 0) is 31.0 Å². The van der Waals surface area contributed by atoms with E-state index in [9.17, 15) is 13.2 Å². The molecule has 110 valence electrons. The Bertz CT molecular complexity index is 644. The molecule has 0 spiro atoms. The highest BCUT2D eigenvalue weighted by Gasteiger charge is 2.37. The second kappa shape index (κ2) is 5.46. The zero-order valence-electron chi connectivity index (χ0n) is 11.0. The first-order valence-corrected chi connectivity index (χ1v) is 8.79. The summed E-state index contributed by atoms with van der Waals surface area (Å²) in [4.78, 5) is 10.9. The van der Waals surface area contributed by atoms with Gasteiger partial charge < -0.3 is 10.4 Å². The molecule has 2 rings (SSSR count). The SMILES string of the molecule is CC1(NCc2ccc(C(=O)O)cc2Br)CCS(=O)(=O)C1. The molecule has 7 heteroatoms. The molecule has 0 amide bonds. The van der Waals surface area contributed by atoms with Gasteiger partial charge in [-0.1, -0.05) is 22.0 Å². The molecule has 1 aromatic rings. The molecule has 0 radical (unpaired) electrons. The highest BCUT2D eigenvalue weighted by Crippen LogP contribution is 2.25. The maximum Gasteiger partial charge on any atom is 0.335 e. The van der Waals surface area contributed by atoms with Crippen LogP contribution in [0.25, 0.3) is 0 Å². The molecule has 1 fully saturated rings. The first-order chi connectivity index (χ1) is 9.21. The Hall–Kier alpha value is -0.920. The fourth-order valence-corrected chi connectivity index (χ4v) is 4.92. The Morgan fingerprint density at radius 3 is 2.70 bits per heavy atom. The lowest BCUT2D eigenvalue weighted by Crippen LogP contribution is -2.42. The van der Waals surface area contributed by atoms with Crippen molar-refractivity contribution in [3.8, 4) is 0 Å². The largest absolute Gasteiger partial charge is 0.478 e. The molecule has 5 nitrogen and oxygen atoms in total. The fourth-order valence-electron chi connectivity index (χ4n) is 2.28. The van der Waals surface area contributed by atoms with Gasteiger partial charge in [0.15, 0.2) is 9.84 Å². The molecule has 0 bridgehead atoms. The van der Waals surface area contributed by atoms with E-state index in [4.69, 9.17) is 5.11 Å². The molecular weight excluding hydrogens is 346 g/mol. The van der Waals surface area contributed by atoms with E-state index in [0.717, 1.165) is 5.56 Å². The van der Waals surface area contributed by atoms with Crippen LogP contribution in [-0.4, -0.2) is 36.5 Å². The van der Waals surface area contributed by atoms with Crippen LogP contribution in [0.2, 0.25) is 0 Å². The number of hydrogen-bond donors (Lipinski definition) is 2. The van der Waals surface area contributed by atoms with Crippen LogP contribution in [0.1, 0.15) is 29.3 Å². The summed E-state index contributed by atoms with van der Waals surface area (Å²) in [5.74, 6) is -0.612. The van der Waals surface area contributed by atoms with Crippen molar-refractivity contribution in [1.82, 2.24) is 5.32 Å². The highest BCUT2D eigenvalue weighted by molar-refractivity contribution is 9.10. The van der Waals surface area contributed by atoms with Crippen molar-refractivity contribution in [2.75, 3.05) is 11.5 Å². The predicted octanol–water partition coefficient (Wildman–Crippen LogP) is 1.81. The topological polar surface area (TPSA) is 83.5 Å². The minimum atomic E-state index is -2.94. The first-order valence-electron chi connectivity index (χ1n) is 6.18. The minimum absolute atomic E-state index is 0.144. The van der Waals surface area contributed by atoms with E-state index in [1.807, 2.05) is 6.92 Å². The van der Waals surface area contributed by atoms with E-state index in [0.29, 0.717) is 17.4 Å². The van der Waals surface area contributed by atoms with Crippen molar-refractivity contribution < 1.29 is 18.3 Å². The van der Waals surface area contributed by atoms with Gasteiger partial charge in [0.1, 0.15) is 0 Å². The first kappa shape index (κ1) is 15.5. The maximum absolute atomic E-state index is 11.5. The quantitative estimate of drug-likeness (QED) is 0.854. The van der Waals surface area contributed by atoms with Gasteiger partial charge in [0.05, 0.1) is 17.1 Å². The average Bonchev–Trinajstić information content (AvgIpc) is 2.62. The third-order valence-electron chi connectivity index (χ3n) is 3.51. The Kier molecular flexibility index (Phi) is 4.22. The van der Waals surface area contributed by atoms with E-state index < -0.39 is 21.3 Å². The predicted molar refractivity (Wildman–Crippen MR) is 79.6 cm³/mol. The number of benzene rings is 1. The third kappa shape index (κ3) is 3.59. The number of halogens is 1. The van der Waals surface area contributed by atoms with Crippen molar-refractivity contribution in [3.05, 3.63) is 33.8 Å². The van der Waals surface area contributed by atoms with E-state index in [1.165, 1.54) is 6.07 Å². The van der Waals surface area contributed by atoms with Gasteiger partial charge in [-0.25, -0.2) is 13.2 Å². The molecular formula is C13H16BrNO4S. The summed E-state index contributed by atoms with van der Waals surface area (Å²) in [5, 5.41) is 12.2. The minimum Gasteiger partial charge on any atom is -0.478 e. The Labute approximate surface area is 126 Å². The molecule has 1 heterocycles. The summed E-state index contributed by atoms with van der Waals surface area (Å²) < 4.78 is 23.8. The van der Waals surface area contributed by atoms with E-state index in [1.54, 1.807) is 12.1 Å². The summed E-state index contributed by atoms with van der Waals surface area (Å²) in [5.41, 5.74) is 0.708. The van der Waals surface area contributed by atoms with Crippen molar-refractivity contribution in [2.24, 2.45) is 0 Å². The number of rotatable bonds is 4. The number of nitrogens with one attached hydrogen (secondary N) is 1. The summed E-state index contributed by atoms with van der Waals surface area (Å²) in [7, 11) is -2.94. The number of sulfone groups is 1. The molecule has 0 saturated carbocycles. The van der Waals surface area contributed by atoms with Crippen molar-refractivity contribution >= 4 is 31.7 Å². The van der Waals surface area contributed by atoms with Crippen LogP contribution in [0.15, 0.2) is 22.7 Å². The number of carbonyl (C=O) groups is 1. The van der Waals surface area contributed by atoms with Gasteiger partial charge in [-0.15, -0.1) is 0 Å². The average molecular weight is 362 g/mol.